The van der Waals surface area contributed by atoms with Crippen molar-refractivity contribution in [2.24, 2.45) is 5.92 Å². The maximum atomic E-state index is 6.03. The molecule has 1 aliphatic rings. The smallest absolute Gasteiger partial charge is 0.182 e. The quantitative estimate of drug-likeness (QED) is 0.876. The summed E-state index contributed by atoms with van der Waals surface area (Å²) in [5, 5.41) is 12.5. The molecule has 0 radical (unpaired) electrons. The molecule has 0 aliphatic carbocycles. The first-order chi connectivity index (χ1) is 9.72. The van der Waals surface area contributed by atoms with Crippen LogP contribution in [0.25, 0.3) is 11.4 Å². The van der Waals surface area contributed by atoms with E-state index in [1.165, 1.54) is 0 Å². The Balaban J connectivity index is 1.85. The summed E-state index contributed by atoms with van der Waals surface area (Å²) in [5.41, 5.74) is 7.25. The van der Waals surface area contributed by atoms with Gasteiger partial charge in [-0.2, -0.15) is 0 Å². The van der Waals surface area contributed by atoms with Gasteiger partial charge in [-0.05, 0) is 41.5 Å². The second kappa shape index (κ2) is 5.76. The Kier molecular flexibility index (Phi) is 3.84. The van der Waals surface area contributed by atoms with Crippen LogP contribution >= 0.6 is 11.6 Å². The molecule has 0 saturated carbocycles. The lowest BCUT2D eigenvalue weighted by atomic mass is 10.0. The van der Waals surface area contributed by atoms with E-state index in [0.29, 0.717) is 22.5 Å². The third-order valence-electron chi connectivity index (χ3n) is 3.40. The fourth-order valence-electron chi connectivity index (χ4n) is 2.47. The number of nitrogens with zero attached hydrogens (tertiary/aromatic N) is 4. The molecule has 1 aromatic carbocycles. The minimum absolute atomic E-state index is 0.447. The number of aromatic nitrogens is 4. The molecule has 0 spiro atoms. The van der Waals surface area contributed by atoms with E-state index >= 15 is 0 Å². The molecule has 1 atom stereocenters. The number of ether oxygens (including phenoxy) is 1. The largest absolute Gasteiger partial charge is 0.399 e. The predicted molar refractivity (Wildman–Crippen MR) is 76.2 cm³/mol. The van der Waals surface area contributed by atoms with Crippen molar-refractivity contribution in [3.63, 3.8) is 0 Å². The first-order valence-electron chi connectivity index (χ1n) is 6.63. The molecule has 2 aromatic rings. The van der Waals surface area contributed by atoms with Crippen LogP contribution in [-0.4, -0.2) is 33.4 Å². The highest BCUT2D eigenvalue weighted by atomic mass is 35.5. The predicted octanol–water partition coefficient (Wildman–Crippen LogP) is 2.00. The molecule has 2 N–H and O–H groups in total. The Morgan fingerprint density at radius 1 is 1.40 bits per heavy atom. The van der Waals surface area contributed by atoms with Crippen molar-refractivity contribution in [3.05, 3.63) is 23.2 Å². The highest BCUT2D eigenvalue weighted by molar-refractivity contribution is 6.31. The fraction of sp³-hybridized carbons (Fsp3) is 0.462. The van der Waals surface area contributed by atoms with Gasteiger partial charge in [-0.1, -0.05) is 11.6 Å². The van der Waals surface area contributed by atoms with Crippen molar-refractivity contribution in [2.45, 2.75) is 19.4 Å². The molecule has 1 saturated heterocycles. The van der Waals surface area contributed by atoms with Gasteiger partial charge in [0, 0.05) is 28.8 Å². The molecule has 0 bridgehead atoms. The van der Waals surface area contributed by atoms with Crippen LogP contribution in [0.3, 0.4) is 0 Å². The van der Waals surface area contributed by atoms with Crippen molar-refractivity contribution in [3.8, 4) is 11.4 Å². The van der Waals surface area contributed by atoms with Gasteiger partial charge in [0.15, 0.2) is 5.82 Å². The fourth-order valence-corrected chi connectivity index (χ4v) is 2.72. The molecule has 1 fully saturated rings. The summed E-state index contributed by atoms with van der Waals surface area (Å²) in [5.74, 6) is 1.13. The minimum Gasteiger partial charge on any atom is -0.399 e. The number of anilines is 1. The molecule has 0 amide bonds. The van der Waals surface area contributed by atoms with E-state index in [1.54, 1.807) is 10.7 Å². The number of tetrazole rings is 1. The van der Waals surface area contributed by atoms with Crippen molar-refractivity contribution in [1.82, 2.24) is 20.2 Å². The molecule has 20 heavy (non-hydrogen) atoms. The molecule has 3 rings (SSSR count). The van der Waals surface area contributed by atoms with Gasteiger partial charge >= 0.3 is 0 Å². The zero-order valence-corrected chi connectivity index (χ0v) is 11.8. The zero-order valence-electron chi connectivity index (χ0n) is 11.0. The van der Waals surface area contributed by atoms with Gasteiger partial charge in [0.05, 0.1) is 13.2 Å². The normalized spacial score (nSPS) is 19.1. The van der Waals surface area contributed by atoms with E-state index in [2.05, 4.69) is 15.5 Å². The van der Waals surface area contributed by atoms with Crippen molar-refractivity contribution in [2.75, 3.05) is 18.9 Å². The third-order valence-corrected chi connectivity index (χ3v) is 3.61. The van der Waals surface area contributed by atoms with Crippen LogP contribution in [0, 0.1) is 5.92 Å². The van der Waals surface area contributed by atoms with Gasteiger partial charge in [-0.25, -0.2) is 4.68 Å². The van der Waals surface area contributed by atoms with Crippen LogP contribution in [-0.2, 0) is 11.3 Å². The van der Waals surface area contributed by atoms with Crippen molar-refractivity contribution >= 4 is 17.3 Å². The van der Waals surface area contributed by atoms with E-state index in [4.69, 9.17) is 22.1 Å². The Labute approximate surface area is 121 Å². The average molecular weight is 294 g/mol. The molecule has 106 valence electrons. The Hall–Kier alpha value is -1.66. The molecule has 1 aromatic heterocycles. The summed E-state index contributed by atoms with van der Waals surface area (Å²) >= 11 is 6.03. The number of hydrogen-bond donors (Lipinski definition) is 1. The van der Waals surface area contributed by atoms with Gasteiger partial charge < -0.3 is 10.5 Å². The molecular weight excluding hydrogens is 278 g/mol. The molecule has 1 unspecified atom stereocenters. The lowest BCUT2D eigenvalue weighted by molar-refractivity contribution is 0.0470. The van der Waals surface area contributed by atoms with Gasteiger partial charge in [0.25, 0.3) is 0 Å². The lowest BCUT2D eigenvalue weighted by Gasteiger charge is -2.21. The molecular formula is C13H16ClN5O. The maximum Gasteiger partial charge on any atom is 0.182 e. The number of benzene rings is 1. The van der Waals surface area contributed by atoms with Crippen LogP contribution in [0.1, 0.15) is 12.8 Å². The van der Waals surface area contributed by atoms with E-state index in [9.17, 15) is 0 Å². The Morgan fingerprint density at radius 3 is 3.05 bits per heavy atom. The van der Waals surface area contributed by atoms with Gasteiger partial charge in [0.1, 0.15) is 0 Å². The van der Waals surface area contributed by atoms with E-state index in [1.807, 2.05) is 12.1 Å². The molecule has 1 aliphatic heterocycles. The van der Waals surface area contributed by atoms with Crippen LogP contribution in [0.4, 0.5) is 5.69 Å². The summed E-state index contributed by atoms with van der Waals surface area (Å²) in [4.78, 5) is 0. The number of rotatable bonds is 3. The SMILES string of the molecule is Nc1cc(Cl)cc(-c2nnnn2CC2CCCOC2)c1. The van der Waals surface area contributed by atoms with Crippen molar-refractivity contribution in [1.29, 1.82) is 0 Å². The van der Waals surface area contributed by atoms with Crippen LogP contribution < -0.4 is 5.73 Å². The number of hydrogen-bond acceptors (Lipinski definition) is 5. The van der Waals surface area contributed by atoms with Crippen LogP contribution in [0.2, 0.25) is 5.02 Å². The van der Waals surface area contributed by atoms with Crippen molar-refractivity contribution < 1.29 is 4.74 Å². The standard InChI is InChI=1S/C13H16ClN5O/c14-11-4-10(5-12(15)6-11)13-16-17-18-19(13)7-9-2-1-3-20-8-9/h4-6,9H,1-3,7-8,15H2. The Bertz CT molecular complexity index is 574. The topological polar surface area (TPSA) is 78.9 Å². The second-order valence-corrected chi connectivity index (χ2v) is 5.48. The Morgan fingerprint density at radius 2 is 2.30 bits per heavy atom. The van der Waals surface area contributed by atoms with Gasteiger partial charge in [0.2, 0.25) is 0 Å². The highest BCUT2D eigenvalue weighted by Gasteiger charge is 2.18. The van der Waals surface area contributed by atoms with Gasteiger partial charge in [-0.15, -0.1) is 5.10 Å². The summed E-state index contributed by atoms with van der Waals surface area (Å²) in [6.07, 6.45) is 2.23. The number of nitrogens with two attached hydrogens (primary N) is 1. The number of halogens is 1. The summed E-state index contributed by atoms with van der Waals surface area (Å²) in [6, 6.07) is 5.34. The first kappa shape index (κ1) is 13.3. The average Bonchev–Trinajstić information content (AvgIpc) is 2.87. The maximum absolute atomic E-state index is 6.03. The second-order valence-electron chi connectivity index (χ2n) is 5.04. The van der Waals surface area contributed by atoms with E-state index in [0.717, 1.165) is 38.2 Å². The van der Waals surface area contributed by atoms with Gasteiger partial charge in [-0.3, -0.25) is 0 Å². The molecule has 7 heteroatoms. The van der Waals surface area contributed by atoms with E-state index in [-0.39, 0.29) is 0 Å². The van der Waals surface area contributed by atoms with Crippen LogP contribution in [0.5, 0.6) is 0 Å². The zero-order chi connectivity index (χ0) is 13.9. The first-order valence-corrected chi connectivity index (χ1v) is 7.00. The van der Waals surface area contributed by atoms with E-state index < -0.39 is 0 Å². The lowest BCUT2D eigenvalue weighted by Crippen LogP contribution is -2.23. The minimum atomic E-state index is 0.447. The molecule has 2 heterocycles. The highest BCUT2D eigenvalue weighted by Crippen LogP contribution is 2.25. The summed E-state index contributed by atoms with van der Waals surface area (Å²) in [7, 11) is 0. The summed E-state index contributed by atoms with van der Waals surface area (Å²) < 4.78 is 7.29. The number of nitrogen functional groups attached to an aromatic ring is 1. The summed E-state index contributed by atoms with van der Waals surface area (Å²) in [6.45, 7) is 2.36. The monoisotopic (exact) mass is 293 g/mol. The third kappa shape index (κ3) is 2.91. The van der Waals surface area contributed by atoms with Crippen LogP contribution in [0.15, 0.2) is 18.2 Å². The molecule has 6 nitrogen and oxygen atoms in total.